The zero-order valence-corrected chi connectivity index (χ0v) is 24.6. The number of anilines is 6. The molecule has 0 aliphatic rings. The van der Waals surface area contributed by atoms with Gasteiger partial charge in [0.15, 0.2) is 0 Å². The van der Waals surface area contributed by atoms with Crippen molar-refractivity contribution in [2.75, 3.05) is 9.80 Å². The Labute approximate surface area is 262 Å². The van der Waals surface area contributed by atoms with E-state index in [2.05, 4.69) is 184 Å². The van der Waals surface area contributed by atoms with E-state index in [4.69, 9.17) is 4.98 Å². The van der Waals surface area contributed by atoms with Crippen LogP contribution in [0.25, 0.3) is 27.6 Å². The van der Waals surface area contributed by atoms with Gasteiger partial charge in [0.05, 0.1) is 16.6 Å². The van der Waals surface area contributed by atoms with Crippen LogP contribution in [-0.2, 0) is 0 Å². The highest BCUT2D eigenvalue weighted by Gasteiger charge is 2.19. The standard InChI is InChI=1S/C41H30N4/c1-5-14-31(15-6-1)43(32-16-7-2-8-17-32)35-23-25-36(26-24-35)44(33-18-9-3-10-19-33)37-27-28-39-38(30-37)41-40(22-13-29-42-41)45(39)34-20-11-4-12-21-34/h1-30H. The van der Waals surface area contributed by atoms with Crippen molar-refractivity contribution in [1.82, 2.24) is 9.55 Å². The van der Waals surface area contributed by atoms with Crippen LogP contribution in [-0.4, -0.2) is 9.55 Å². The molecule has 214 valence electrons. The molecule has 45 heavy (non-hydrogen) atoms. The number of aromatic nitrogens is 2. The van der Waals surface area contributed by atoms with Crippen LogP contribution in [0.15, 0.2) is 182 Å². The molecule has 4 heteroatoms. The van der Waals surface area contributed by atoms with Crippen LogP contribution in [0.4, 0.5) is 34.1 Å². The summed E-state index contributed by atoms with van der Waals surface area (Å²) in [6, 6.07) is 61.7. The van der Waals surface area contributed by atoms with Crippen molar-refractivity contribution >= 4 is 56.1 Å². The Hall–Kier alpha value is -6.13. The molecule has 2 aromatic heterocycles. The summed E-state index contributed by atoms with van der Waals surface area (Å²) in [6.07, 6.45) is 1.88. The molecule has 0 bridgehead atoms. The topological polar surface area (TPSA) is 24.3 Å². The third kappa shape index (κ3) is 4.89. The Bertz CT molecular complexity index is 2150. The van der Waals surface area contributed by atoms with E-state index in [-0.39, 0.29) is 0 Å². The maximum Gasteiger partial charge on any atom is 0.0964 e. The number of hydrogen-bond acceptors (Lipinski definition) is 3. The third-order valence-electron chi connectivity index (χ3n) is 8.19. The molecule has 0 amide bonds. The quantitative estimate of drug-likeness (QED) is 0.188. The summed E-state index contributed by atoms with van der Waals surface area (Å²) < 4.78 is 2.30. The van der Waals surface area contributed by atoms with Gasteiger partial charge in [-0.2, -0.15) is 0 Å². The summed E-state index contributed by atoms with van der Waals surface area (Å²) in [5.41, 5.74) is 10.9. The number of para-hydroxylation sites is 4. The first kappa shape index (κ1) is 26.5. The van der Waals surface area contributed by atoms with E-state index in [0.717, 1.165) is 61.7 Å². The number of rotatable bonds is 7. The first-order chi connectivity index (χ1) is 22.3. The van der Waals surface area contributed by atoms with Gasteiger partial charge in [-0.3, -0.25) is 4.98 Å². The van der Waals surface area contributed by atoms with E-state index in [1.54, 1.807) is 0 Å². The van der Waals surface area contributed by atoms with Gasteiger partial charge in [0.25, 0.3) is 0 Å². The molecule has 0 fully saturated rings. The summed E-state index contributed by atoms with van der Waals surface area (Å²) in [6.45, 7) is 0. The molecular weight excluding hydrogens is 548 g/mol. The predicted molar refractivity (Wildman–Crippen MR) is 188 cm³/mol. The van der Waals surface area contributed by atoms with E-state index < -0.39 is 0 Å². The first-order valence-electron chi connectivity index (χ1n) is 15.2. The molecule has 0 aliphatic heterocycles. The minimum atomic E-state index is 0.989. The Morgan fingerprint density at radius 2 is 0.822 bits per heavy atom. The van der Waals surface area contributed by atoms with Gasteiger partial charge in [-0.05, 0) is 103 Å². The maximum absolute atomic E-state index is 4.85. The van der Waals surface area contributed by atoms with Gasteiger partial charge >= 0.3 is 0 Å². The van der Waals surface area contributed by atoms with E-state index in [9.17, 15) is 0 Å². The molecule has 4 nitrogen and oxygen atoms in total. The predicted octanol–water partition coefficient (Wildman–Crippen LogP) is 11.1. The normalized spacial score (nSPS) is 11.1. The second-order valence-corrected chi connectivity index (χ2v) is 10.9. The molecule has 0 radical (unpaired) electrons. The highest BCUT2D eigenvalue weighted by molar-refractivity contribution is 6.08. The van der Waals surface area contributed by atoms with Crippen LogP contribution in [0.1, 0.15) is 0 Å². The molecule has 0 saturated carbocycles. The molecule has 8 rings (SSSR count). The van der Waals surface area contributed by atoms with Crippen LogP contribution in [0, 0.1) is 0 Å². The highest BCUT2D eigenvalue weighted by atomic mass is 15.2. The summed E-state index contributed by atoms with van der Waals surface area (Å²) in [5.74, 6) is 0. The van der Waals surface area contributed by atoms with Crippen LogP contribution in [0.2, 0.25) is 0 Å². The van der Waals surface area contributed by atoms with Crippen molar-refractivity contribution in [2.24, 2.45) is 0 Å². The van der Waals surface area contributed by atoms with Crippen molar-refractivity contribution in [1.29, 1.82) is 0 Å². The lowest BCUT2D eigenvalue weighted by Crippen LogP contribution is -2.12. The van der Waals surface area contributed by atoms with Crippen LogP contribution < -0.4 is 9.80 Å². The average molecular weight is 579 g/mol. The van der Waals surface area contributed by atoms with Crippen molar-refractivity contribution < 1.29 is 0 Å². The molecule has 0 spiro atoms. The Balaban J connectivity index is 1.26. The average Bonchev–Trinajstić information content (AvgIpc) is 3.45. The van der Waals surface area contributed by atoms with Gasteiger partial charge in [-0.25, -0.2) is 0 Å². The van der Waals surface area contributed by atoms with E-state index >= 15 is 0 Å². The smallest absolute Gasteiger partial charge is 0.0964 e. The molecule has 0 aliphatic carbocycles. The Morgan fingerprint density at radius 3 is 1.36 bits per heavy atom. The van der Waals surface area contributed by atoms with E-state index in [1.165, 1.54) is 0 Å². The summed E-state index contributed by atoms with van der Waals surface area (Å²) in [7, 11) is 0. The number of fused-ring (bicyclic) bond motifs is 3. The Kier molecular flexibility index (Phi) is 6.78. The van der Waals surface area contributed by atoms with Crippen LogP contribution in [0.3, 0.4) is 0 Å². The minimum Gasteiger partial charge on any atom is -0.311 e. The number of nitrogens with zero attached hydrogens (tertiary/aromatic N) is 4. The molecular formula is C41H30N4. The third-order valence-corrected chi connectivity index (χ3v) is 8.19. The number of hydrogen-bond donors (Lipinski definition) is 0. The molecule has 6 aromatic carbocycles. The van der Waals surface area contributed by atoms with Gasteiger partial charge in [0, 0.05) is 51.4 Å². The lowest BCUT2D eigenvalue weighted by Gasteiger charge is -2.28. The molecule has 0 N–H and O–H groups in total. The molecule has 0 saturated heterocycles. The van der Waals surface area contributed by atoms with Crippen molar-refractivity contribution in [3.63, 3.8) is 0 Å². The maximum atomic E-state index is 4.85. The molecule has 8 aromatic rings. The molecule has 0 atom stereocenters. The Morgan fingerprint density at radius 1 is 0.378 bits per heavy atom. The van der Waals surface area contributed by atoms with Gasteiger partial charge in [-0.15, -0.1) is 0 Å². The highest BCUT2D eigenvalue weighted by Crippen LogP contribution is 2.41. The largest absolute Gasteiger partial charge is 0.311 e. The summed E-state index contributed by atoms with van der Waals surface area (Å²) in [5, 5.41) is 1.11. The lowest BCUT2D eigenvalue weighted by atomic mass is 10.1. The van der Waals surface area contributed by atoms with Gasteiger partial charge < -0.3 is 14.4 Å². The minimum absolute atomic E-state index is 0.989. The van der Waals surface area contributed by atoms with Crippen LogP contribution in [0.5, 0.6) is 0 Å². The SMILES string of the molecule is c1ccc(N(c2ccccc2)c2ccc(N(c3ccccc3)c3ccc4c(c3)c3ncccc3n4-c3ccccc3)cc2)cc1. The number of benzene rings is 6. The van der Waals surface area contributed by atoms with E-state index in [0.29, 0.717) is 0 Å². The molecule has 2 heterocycles. The molecule has 0 unspecified atom stereocenters. The van der Waals surface area contributed by atoms with Crippen LogP contribution >= 0.6 is 0 Å². The fourth-order valence-corrected chi connectivity index (χ4v) is 6.19. The van der Waals surface area contributed by atoms with Gasteiger partial charge in [0.1, 0.15) is 0 Å². The van der Waals surface area contributed by atoms with Crippen molar-refractivity contribution in [3.8, 4) is 5.69 Å². The lowest BCUT2D eigenvalue weighted by molar-refractivity contribution is 1.17. The summed E-state index contributed by atoms with van der Waals surface area (Å²) in [4.78, 5) is 9.44. The fraction of sp³-hybridized carbons (Fsp3) is 0. The number of pyridine rings is 1. The zero-order chi connectivity index (χ0) is 30.0. The van der Waals surface area contributed by atoms with Crippen molar-refractivity contribution in [3.05, 3.63) is 182 Å². The van der Waals surface area contributed by atoms with Gasteiger partial charge in [-0.1, -0.05) is 72.8 Å². The first-order valence-corrected chi connectivity index (χ1v) is 15.2. The van der Waals surface area contributed by atoms with Crippen molar-refractivity contribution in [2.45, 2.75) is 0 Å². The second-order valence-electron chi connectivity index (χ2n) is 10.9. The zero-order valence-electron chi connectivity index (χ0n) is 24.6. The second kappa shape index (κ2) is 11.5. The van der Waals surface area contributed by atoms with E-state index in [1.807, 2.05) is 12.3 Å². The van der Waals surface area contributed by atoms with Gasteiger partial charge in [0.2, 0.25) is 0 Å². The fourth-order valence-electron chi connectivity index (χ4n) is 6.19. The monoisotopic (exact) mass is 578 g/mol. The summed E-state index contributed by atoms with van der Waals surface area (Å²) >= 11 is 0.